The number of hydrogen-bond acceptors (Lipinski definition) is 3. The summed E-state index contributed by atoms with van der Waals surface area (Å²) in [5.74, 6) is -0.268. The molecule has 0 bridgehead atoms. The molecule has 1 aromatic carbocycles. The van der Waals surface area contributed by atoms with E-state index in [1.807, 2.05) is 0 Å². The number of nitrogens with zero attached hydrogens (tertiary/aromatic N) is 2. The molecule has 0 saturated carbocycles. The Hall–Kier alpha value is -0.680. The Morgan fingerprint density at radius 1 is 1.26 bits per heavy atom. The van der Waals surface area contributed by atoms with Crippen molar-refractivity contribution >= 4 is 11.6 Å². The normalized spacial score (nSPS) is 22.4. The van der Waals surface area contributed by atoms with Crippen LogP contribution in [0, 0.1) is 5.82 Å². The van der Waals surface area contributed by atoms with Crippen molar-refractivity contribution in [1.29, 1.82) is 0 Å². The molecular formula is C14H19ClFN3. The van der Waals surface area contributed by atoms with E-state index in [0.717, 1.165) is 51.4 Å². The Kier molecular flexibility index (Phi) is 4.03. The van der Waals surface area contributed by atoms with Gasteiger partial charge in [-0.05, 0) is 17.7 Å². The van der Waals surface area contributed by atoms with Crippen LogP contribution in [0.15, 0.2) is 18.2 Å². The smallest absolute Gasteiger partial charge is 0.124 e. The minimum atomic E-state index is -0.268. The van der Waals surface area contributed by atoms with E-state index in [-0.39, 0.29) is 5.82 Å². The van der Waals surface area contributed by atoms with Crippen molar-refractivity contribution < 1.29 is 4.39 Å². The van der Waals surface area contributed by atoms with Gasteiger partial charge in [-0.1, -0.05) is 17.7 Å². The Morgan fingerprint density at radius 2 is 2.00 bits per heavy atom. The standard InChI is InChI=1S/C14H19ClFN3/c15-14-7-12(16)2-1-11(14)8-18-9-13(10-18)19-5-3-17-4-6-19/h1-2,7,13,17H,3-6,8-10H2. The molecule has 1 aromatic rings. The van der Waals surface area contributed by atoms with Crippen LogP contribution in [0.25, 0.3) is 0 Å². The van der Waals surface area contributed by atoms with Crippen LogP contribution in [0.1, 0.15) is 5.56 Å². The maximum Gasteiger partial charge on any atom is 0.124 e. The minimum Gasteiger partial charge on any atom is -0.314 e. The lowest BCUT2D eigenvalue weighted by Crippen LogP contribution is -2.62. The number of hydrogen-bond donors (Lipinski definition) is 1. The topological polar surface area (TPSA) is 18.5 Å². The maximum atomic E-state index is 13.0. The van der Waals surface area contributed by atoms with E-state index in [9.17, 15) is 4.39 Å². The van der Waals surface area contributed by atoms with E-state index in [1.165, 1.54) is 12.1 Å². The van der Waals surface area contributed by atoms with E-state index in [2.05, 4.69) is 15.1 Å². The van der Waals surface area contributed by atoms with Crippen molar-refractivity contribution in [3.8, 4) is 0 Å². The minimum absolute atomic E-state index is 0.268. The lowest BCUT2D eigenvalue weighted by Gasteiger charge is -2.47. The lowest BCUT2D eigenvalue weighted by atomic mass is 10.0. The van der Waals surface area contributed by atoms with Gasteiger partial charge in [-0.25, -0.2) is 4.39 Å². The van der Waals surface area contributed by atoms with Crippen LogP contribution in [0.3, 0.4) is 0 Å². The summed E-state index contributed by atoms with van der Waals surface area (Å²) >= 11 is 6.05. The van der Waals surface area contributed by atoms with Crippen molar-refractivity contribution in [3.05, 3.63) is 34.6 Å². The molecule has 0 amide bonds. The van der Waals surface area contributed by atoms with Gasteiger partial charge >= 0.3 is 0 Å². The molecule has 2 aliphatic heterocycles. The molecule has 19 heavy (non-hydrogen) atoms. The first-order valence-electron chi connectivity index (χ1n) is 6.83. The summed E-state index contributed by atoms with van der Waals surface area (Å²) in [6.07, 6.45) is 0. The van der Waals surface area contributed by atoms with Gasteiger partial charge in [0, 0.05) is 56.9 Å². The van der Waals surface area contributed by atoms with Gasteiger partial charge in [0.05, 0.1) is 0 Å². The molecule has 5 heteroatoms. The quantitative estimate of drug-likeness (QED) is 0.908. The van der Waals surface area contributed by atoms with Crippen LogP contribution in [0.2, 0.25) is 5.02 Å². The zero-order valence-electron chi connectivity index (χ0n) is 10.9. The Morgan fingerprint density at radius 3 is 2.68 bits per heavy atom. The molecule has 1 N–H and O–H groups in total. The number of likely N-dealkylation sites (tertiary alicyclic amines) is 1. The predicted molar refractivity (Wildman–Crippen MR) is 74.9 cm³/mol. The first kappa shape index (κ1) is 13.3. The second kappa shape index (κ2) is 5.75. The third kappa shape index (κ3) is 3.08. The van der Waals surface area contributed by atoms with E-state index in [4.69, 9.17) is 11.6 Å². The molecule has 0 aromatic heterocycles. The highest BCUT2D eigenvalue weighted by molar-refractivity contribution is 6.31. The second-order valence-corrected chi connectivity index (χ2v) is 5.78. The van der Waals surface area contributed by atoms with Gasteiger partial charge in [-0.15, -0.1) is 0 Å². The van der Waals surface area contributed by atoms with Gasteiger partial charge < -0.3 is 5.32 Å². The second-order valence-electron chi connectivity index (χ2n) is 5.37. The summed E-state index contributed by atoms with van der Waals surface area (Å²) in [6.45, 7) is 7.50. The van der Waals surface area contributed by atoms with Gasteiger partial charge in [0.1, 0.15) is 5.82 Å². The Bertz CT molecular complexity index is 442. The van der Waals surface area contributed by atoms with Gasteiger partial charge in [0.25, 0.3) is 0 Å². The van der Waals surface area contributed by atoms with Crippen LogP contribution >= 0.6 is 11.6 Å². The first-order valence-corrected chi connectivity index (χ1v) is 7.21. The summed E-state index contributed by atoms with van der Waals surface area (Å²) in [4.78, 5) is 4.92. The molecule has 0 aliphatic carbocycles. The van der Waals surface area contributed by atoms with Crippen LogP contribution in [0.4, 0.5) is 4.39 Å². The van der Waals surface area contributed by atoms with Crippen LogP contribution < -0.4 is 5.32 Å². The van der Waals surface area contributed by atoms with E-state index in [0.29, 0.717) is 11.1 Å². The fraction of sp³-hybridized carbons (Fsp3) is 0.571. The Balaban J connectivity index is 1.50. The van der Waals surface area contributed by atoms with E-state index < -0.39 is 0 Å². The number of halogens is 2. The number of benzene rings is 1. The average Bonchev–Trinajstić information content (AvgIpc) is 2.36. The average molecular weight is 284 g/mol. The molecule has 0 radical (unpaired) electrons. The van der Waals surface area contributed by atoms with Gasteiger partial charge in [0.15, 0.2) is 0 Å². The highest BCUT2D eigenvalue weighted by Gasteiger charge is 2.32. The van der Waals surface area contributed by atoms with E-state index >= 15 is 0 Å². The SMILES string of the molecule is Fc1ccc(CN2CC(N3CCNCC3)C2)c(Cl)c1. The van der Waals surface area contributed by atoms with Crippen molar-refractivity contribution in [3.63, 3.8) is 0 Å². The summed E-state index contributed by atoms with van der Waals surface area (Å²) < 4.78 is 13.0. The van der Waals surface area contributed by atoms with Crippen LogP contribution in [-0.4, -0.2) is 55.1 Å². The molecule has 2 fully saturated rings. The summed E-state index contributed by atoms with van der Waals surface area (Å²) in [6, 6.07) is 5.34. The molecule has 2 saturated heterocycles. The number of piperazine rings is 1. The lowest BCUT2D eigenvalue weighted by molar-refractivity contribution is 0.0223. The molecule has 0 unspecified atom stereocenters. The summed E-state index contributed by atoms with van der Waals surface area (Å²) in [7, 11) is 0. The molecule has 0 spiro atoms. The van der Waals surface area contributed by atoms with Crippen molar-refractivity contribution in [2.75, 3.05) is 39.3 Å². The molecule has 3 rings (SSSR count). The van der Waals surface area contributed by atoms with E-state index in [1.54, 1.807) is 6.07 Å². The van der Waals surface area contributed by atoms with Gasteiger partial charge in [-0.2, -0.15) is 0 Å². The summed E-state index contributed by atoms with van der Waals surface area (Å²) in [5, 5.41) is 3.91. The van der Waals surface area contributed by atoms with Crippen molar-refractivity contribution in [1.82, 2.24) is 15.1 Å². The highest BCUT2D eigenvalue weighted by atomic mass is 35.5. The zero-order chi connectivity index (χ0) is 13.2. The molecule has 2 heterocycles. The first-order chi connectivity index (χ1) is 9.22. The van der Waals surface area contributed by atoms with Crippen LogP contribution in [-0.2, 0) is 6.54 Å². The number of rotatable bonds is 3. The summed E-state index contributed by atoms with van der Waals surface area (Å²) in [5.41, 5.74) is 1.02. The molecule has 3 nitrogen and oxygen atoms in total. The largest absolute Gasteiger partial charge is 0.314 e. The maximum absolute atomic E-state index is 13.0. The van der Waals surface area contributed by atoms with Gasteiger partial charge in [0.2, 0.25) is 0 Å². The third-order valence-electron chi connectivity index (χ3n) is 4.01. The van der Waals surface area contributed by atoms with Crippen LogP contribution in [0.5, 0.6) is 0 Å². The fourth-order valence-electron chi connectivity index (χ4n) is 2.84. The third-order valence-corrected chi connectivity index (χ3v) is 4.37. The monoisotopic (exact) mass is 283 g/mol. The molecule has 104 valence electrons. The fourth-order valence-corrected chi connectivity index (χ4v) is 3.07. The predicted octanol–water partition coefficient (Wildman–Crippen LogP) is 1.57. The molecule has 2 aliphatic rings. The van der Waals surface area contributed by atoms with Crippen molar-refractivity contribution in [2.24, 2.45) is 0 Å². The van der Waals surface area contributed by atoms with Gasteiger partial charge in [-0.3, -0.25) is 9.80 Å². The zero-order valence-corrected chi connectivity index (χ0v) is 11.7. The van der Waals surface area contributed by atoms with Crippen molar-refractivity contribution in [2.45, 2.75) is 12.6 Å². The molecule has 0 atom stereocenters. The highest BCUT2D eigenvalue weighted by Crippen LogP contribution is 2.23. The Labute approximate surface area is 118 Å². The number of nitrogens with one attached hydrogen (secondary N) is 1. The molecular weight excluding hydrogens is 265 g/mol.